The Morgan fingerprint density at radius 1 is 1.12 bits per heavy atom. The molecule has 2 rings (SSSR count). The van der Waals surface area contributed by atoms with Gasteiger partial charge in [-0.3, -0.25) is 14.9 Å². The van der Waals surface area contributed by atoms with Gasteiger partial charge in [0.05, 0.1) is 15.0 Å². The number of nitro benzene ring substituents is 1. The van der Waals surface area contributed by atoms with Crippen molar-refractivity contribution in [2.45, 2.75) is 0 Å². The third-order valence-electron chi connectivity index (χ3n) is 3.00. The number of amides is 1. The number of halogens is 2. The third-order valence-corrected chi connectivity index (χ3v) is 3.74. The van der Waals surface area contributed by atoms with Crippen LogP contribution in [0.3, 0.4) is 0 Å². The summed E-state index contributed by atoms with van der Waals surface area (Å²) in [7, 11) is 0. The van der Waals surface area contributed by atoms with Crippen LogP contribution in [0.25, 0.3) is 0 Å². The van der Waals surface area contributed by atoms with Crippen LogP contribution in [0.5, 0.6) is 0 Å². The summed E-state index contributed by atoms with van der Waals surface area (Å²) in [6, 6.07) is 11.8. The highest BCUT2D eigenvalue weighted by Crippen LogP contribution is 2.25. The number of nitriles is 1. The lowest BCUT2D eigenvalue weighted by molar-refractivity contribution is -0.384. The molecule has 0 aliphatic rings. The van der Waals surface area contributed by atoms with E-state index in [1.165, 1.54) is 42.6 Å². The summed E-state index contributed by atoms with van der Waals surface area (Å²) < 4.78 is 0. The van der Waals surface area contributed by atoms with Crippen LogP contribution in [0.15, 0.2) is 54.2 Å². The maximum absolute atomic E-state index is 12.1. The van der Waals surface area contributed by atoms with E-state index in [4.69, 9.17) is 28.5 Å². The summed E-state index contributed by atoms with van der Waals surface area (Å²) in [4.78, 5) is 22.2. The molecule has 0 spiro atoms. The molecule has 0 fully saturated rings. The number of non-ortho nitro benzene ring substituents is 1. The quantitative estimate of drug-likeness (QED) is 0.348. The molecule has 0 saturated heterocycles. The van der Waals surface area contributed by atoms with Crippen LogP contribution in [-0.2, 0) is 4.79 Å². The number of nitro groups is 1. The first-order valence-electron chi connectivity index (χ1n) is 6.78. The SMILES string of the molecule is N#C/C(=C/Nc1ccc([N+](=O)[O-])cc1)C(=O)Nc1ccc(Cl)c(Cl)c1. The van der Waals surface area contributed by atoms with E-state index in [0.29, 0.717) is 16.4 Å². The Balaban J connectivity index is 2.08. The zero-order chi connectivity index (χ0) is 18.4. The first-order valence-corrected chi connectivity index (χ1v) is 7.54. The van der Waals surface area contributed by atoms with Crippen molar-refractivity contribution < 1.29 is 9.72 Å². The maximum Gasteiger partial charge on any atom is 0.269 e. The molecule has 0 atom stereocenters. The molecule has 25 heavy (non-hydrogen) atoms. The summed E-state index contributed by atoms with van der Waals surface area (Å²) in [5.74, 6) is -0.643. The molecule has 0 saturated carbocycles. The molecule has 1 amide bonds. The van der Waals surface area contributed by atoms with Crippen LogP contribution >= 0.6 is 23.2 Å². The monoisotopic (exact) mass is 376 g/mol. The number of rotatable bonds is 5. The highest BCUT2D eigenvalue weighted by atomic mass is 35.5. The molecular formula is C16H10Cl2N4O3. The smallest absolute Gasteiger partial charge is 0.269 e. The molecule has 0 aliphatic carbocycles. The Labute approximate surface area is 152 Å². The first kappa shape index (κ1) is 18.3. The van der Waals surface area contributed by atoms with Crippen molar-refractivity contribution in [1.82, 2.24) is 0 Å². The van der Waals surface area contributed by atoms with Crippen LogP contribution in [-0.4, -0.2) is 10.8 Å². The fourth-order valence-corrected chi connectivity index (χ4v) is 2.05. The Bertz CT molecular complexity index is 889. The minimum absolute atomic E-state index is 0.0626. The van der Waals surface area contributed by atoms with E-state index < -0.39 is 10.8 Å². The molecule has 0 aromatic heterocycles. The Morgan fingerprint density at radius 3 is 2.32 bits per heavy atom. The Hall–Kier alpha value is -3.08. The van der Waals surface area contributed by atoms with Crippen LogP contribution in [0.1, 0.15) is 0 Å². The van der Waals surface area contributed by atoms with Crippen molar-refractivity contribution in [2.75, 3.05) is 10.6 Å². The lowest BCUT2D eigenvalue weighted by atomic mass is 10.2. The lowest BCUT2D eigenvalue weighted by Crippen LogP contribution is -2.14. The van der Waals surface area contributed by atoms with Crippen LogP contribution < -0.4 is 10.6 Å². The van der Waals surface area contributed by atoms with Gasteiger partial charge in [-0.05, 0) is 30.3 Å². The van der Waals surface area contributed by atoms with Gasteiger partial charge in [0.2, 0.25) is 0 Å². The highest BCUT2D eigenvalue weighted by Gasteiger charge is 2.10. The van der Waals surface area contributed by atoms with Gasteiger partial charge in [0, 0.05) is 29.7 Å². The van der Waals surface area contributed by atoms with Gasteiger partial charge in [0.15, 0.2) is 0 Å². The minimum atomic E-state index is -0.643. The van der Waals surface area contributed by atoms with Crippen molar-refractivity contribution in [3.63, 3.8) is 0 Å². The van der Waals surface area contributed by atoms with E-state index in [-0.39, 0.29) is 16.3 Å². The number of carbonyl (C=O) groups excluding carboxylic acids is 1. The van der Waals surface area contributed by atoms with Crippen molar-refractivity contribution in [3.05, 3.63) is 74.4 Å². The molecule has 0 unspecified atom stereocenters. The van der Waals surface area contributed by atoms with Crippen LogP contribution in [0.4, 0.5) is 17.1 Å². The van der Waals surface area contributed by atoms with Crippen LogP contribution in [0.2, 0.25) is 10.0 Å². The maximum atomic E-state index is 12.1. The number of benzene rings is 2. The van der Waals surface area contributed by atoms with Gasteiger partial charge in [-0.15, -0.1) is 0 Å². The van der Waals surface area contributed by atoms with E-state index in [1.807, 2.05) is 0 Å². The molecule has 0 heterocycles. The third kappa shape index (κ3) is 4.94. The number of carbonyl (C=O) groups is 1. The molecule has 0 aliphatic heterocycles. The van der Waals surface area contributed by atoms with E-state index in [2.05, 4.69) is 10.6 Å². The van der Waals surface area contributed by atoms with Gasteiger partial charge in [-0.2, -0.15) is 5.26 Å². The number of hydrogen-bond donors (Lipinski definition) is 2. The summed E-state index contributed by atoms with van der Waals surface area (Å²) >= 11 is 11.7. The average molecular weight is 377 g/mol. The minimum Gasteiger partial charge on any atom is -0.360 e. The molecule has 7 nitrogen and oxygen atoms in total. The lowest BCUT2D eigenvalue weighted by Gasteiger charge is -2.06. The summed E-state index contributed by atoms with van der Waals surface area (Å²) in [5.41, 5.74) is 0.619. The predicted octanol–water partition coefficient (Wildman–Crippen LogP) is 4.36. The number of hydrogen-bond acceptors (Lipinski definition) is 5. The van der Waals surface area contributed by atoms with Gasteiger partial charge in [0.1, 0.15) is 11.6 Å². The van der Waals surface area contributed by atoms with Gasteiger partial charge in [-0.25, -0.2) is 0 Å². The standard InChI is InChI=1S/C16H10Cl2N4O3/c17-14-6-3-12(7-15(14)18)21-16(23)10(8-19)9-20-11-1-4-13(5-2-11)22(24)25/h1-7,9,20H,(H,21,23)/b10-9-. The molecule has 9 heteroatoms. The van der Waals surface area contributed by atoms with E-state index >= 15 is 0 Å². The second-order valence-electron chi connectivity index (χ2n) is 4.70. The summed E-state index contributed by atoms with van der Waals surface area (Å²) in [6.45, 7) is 0. The number of anilines is 2. The average Bonchev–Trinajstić information content (AvgIpc) is 2.59. The van der Waals surface area contributed by atoms with Crippen LogP contribution in [0, 0.1) is 21.4 Å². The Kier molecular flexibility index (Phi) is 5.95. The van der Waals surface area contributed by atoms with Gasteiger partial charge < -0.3 is 10.6 Å². The molecule has 2 N–H and O–H groups in total. The molecular weight excluding hydrogens is 367 g/mol. The van der Waals surface area contributed by atoms with Gasteiger partial charge in [-0.1, -0.05) is 23.2 Å². The fourth-order valence-electron chi connectivity index (χ4n) is 1.76. The van der Waals surface area contributed by atoms with Crippen molar-refractivity contribution in [3.8, 4) is 6.07 Å². The molecule has 126 valence electrons. The second kappa shape index (κ2) is 8.15. The van der Waals surface area contributed by atoms with E-state index in [9.17, 15) is 14.9 Å². The largest absolute Gasteiger partial charge is 0.360 e. The van der Waals surface area contributed by atoms with Gasteiger partial charge >= 0.3 is 0 Å². The fraction of sp³-hybridized carbons (Fsp3) is 0. The zero-order valence-corrected chi connectivity index (χ0v) is 14.0. The van der Waals surface area contributed by atoms with Crippen molar-refractivity contribution in [1.29, 1.82) is 5.26 Å². The summed E-state index contributed by atoms with van der Waals surface area (Å²) in [5, 5.41) is 25.6. The van der Waals surface area contributed by atoms with Crippen molar-refractivity contribution in [2.24, 2.45) is 0 Å². The van der Waals surface area contributed by atoms with Crippen molar-refractivity contribution >= 4 is 46.2 Å². The molecule has 0 bridgehead atoms. The highest BCUT2D eigenvalue weighted by molar-refractivity contribution is 6.42. The molecule has 2 aromatic carbocycles. The number of nitrogens with one attached hydrogen (secondary N) is 2. The second-order valence-corrected chi connectivity index (χ2v) is 5.52. The first-order chi connectivity index (χ1) is 11.9. The number of nitrogens with zero attached hydrogens (tertiary/aromatic N) is 2. The van der Waals surface area contributed by atoms with E-state index in [0.717, 1.165) is 0 Å². The molecule has 0 radical (unpaired) electrons. The Morgan fingerprint density at radius 2 is 1.76 bits per heavy atom. The zero-order valence-electron chi connectivity index (χ0n) is 12.5. The molecule has 2 aromatic rings. The predicted molar refractivity (Wildman–Crippen MR) is 95.5 cm³/mol. The topological polar surface area (TPSA) is 108 Å². The van der Waals surface area contributed by atoms with Gasteiger partial charge in [0.25, 0.3) is 11.6 Å². The van der Waals surface area contributed by atoms with E-state index in [1.54, 1.807) is 12.1 Å². The summed E-state index contributed by atoms with van der Waals surface area (Å²) in [6.07, 6.45) is 1.20. The normalized spacial score (nSPS) is 10.7.